The minimum atomic E-state index is -4.47. The number of likely N-dealkylation sites (tertiary alicyclic amines) is 1. The molecule has 0 spiro atoms. The van der Waals surface area contributed by atoms with E-state index in [2.05, 4.69) is 11.3 Å². The molecule has 2 saturated carbocycles. The van der Waals surface area contributed by atoms with Gasteiger partial charge < -0.3 is 16.4 Å². The predicted octanol–water partition coefficient (Wildman–Crippen LogP) is 2.89. The van der Waals surface area contributed by atoms with Crippen LogP contribution in [-0.4, -0.2) is 54.6 Å². The maximum Gasteiger partial charge on any atom is 0.346 e. The third kappa shape index (κ3) is 6.54. The summed E-state index contributed by atoms with van der Waals surface area (Å²) in [6.07, 6.45) is 12.4. The molecule has 11 heteroatoms. The molecule has 2 amide bonds. The third-order valence-corrected chi connectivity index (χ3v) is 9.22. The number of nitrogens with two attached hydrogens (primary N) is 2. The maximum atomic E-state index is 12.9. The van der Waals surface area contributed by atoms with Crippen molar-refractivity contribution in [2.24, 2.45) is 15.9 Å². The summed E-state index contributed by atoms with van der Waals surface area (Å²) in [4.78, 5) is 31.4. The Kier molecular flexibility index (Phi) is 9.07. The fourth-order valence-corrected chi connectivity index (χ4v) is 7.14. The fraction of sp³-hybridized carbons (Fsp3) is 0.704. The maximum absolute atomic E-state index is 12.9. The molecule has 0 unspecified atom stereocenters. The van der Waals surface area contributed by atoms with Crippen molar-refractivity contribution in [2.75, 3.05) is 6.54 Å². The van der Waals surface area contributed by atoms with Crippen LogP contribution >= 0.6 is 0 Å². The molecule has 2 heterocycles. The van der Waals surface area contributed by atoms with Crippen LogP contribution in [0.3, 0.4) is 0 Å². The van der Waals surface area contributed by atoms with E-state index < -0.39 is 34.1 Å². The molecular formula is C27H42N6O4S. The van der Waals surface area contributed by atoms with Crippen molar-refractivity contribution < 1.29 is 18.0 Å². The Bertz CT molecular complexity index is 1130. The van der Waals surface area contributed by atoms with Gasteiger partial charge in [-0.1, -0.05) is 38.5 Å². The van der Waals surface area contributed by atoms with Crippen LogP contribution in [0.5, 0.6) is 0 Å². The lowest BCUT2D eigenvalue weighted by Crippen LogP contribution is -2.51. The van der Waals surface area contributed by atoms with E-state index in [0.29, 0.717) is 36.9 Å². The lowest BCUT2D eigenvalue weighted by atomic mass is 9.79. The molecular weight excluding hydrogens is 504 g/mol. The van der Waals surface area contributed by atoms with Gasteiger partial charge in [0.1, 0.15) is 11.7 Å². The molecule has 0 aromatic carbocycles. The molecule has 4 rings (SSSR count). The van der Waals surface area contributed by atoms with Crippen LogP contribution in [0.25, 0.3) is 0 Å². The van der Waals surface area contributed by atoms with Gasteiger partial charge >= 0.3 is 10.2 Å². The molecule has 38 heavy (non-hydrogen) atoms. The second kappa shape index (κ2) is 12.1. The Morgan fingerprint density at radius 1 is 1.03 bits per heavy atom. The van der Waals surface area contributed by atoms with Gasteiger partial charge in [-0.25, -0.2) is 9.71 Å². The minimum absolute atomic E-state index is 0.241. The predicted molar refractivity (Wildman–Crippen MR) is 147 cm³/mol. The van der Waals surface area contributed by atoms with Crippen LogP contribution in [0.15, 0.2) is 10.5 Å². The Hall–Kier alpha value is -2.53. The molecule has 1 saturated heterocycles. The van der Waals surface area contributed by atoms with Gasteiger partial charge in [-0.3, -0.25) is 9.59 Å². The van der Waals surface area contributed by atoms with E-state index in [1.165, 1.54) is 48.6 Å². The topological polar surface area (TPSA) is 161 Å². The summed E-state index contributed by atoms with van der Waals surface area (Å²) in [6, 6.07) is 0.208. The zero-order valence-corrected chi connectivity index (χ0v) is 23.4. The zero-order valence-electron chi connectivity index (χ0n) is 22.6. The van der Waals surface area contributed by atoms with E-state index in [0.717, 1.165) is 44.2 Å². The molecule has 10 nitrogen and oxygen atoms in total. The van der Waals surface area contributed by atoms with Crippen molar-refractivity contribution in [1.29, 1.82) is 0 Å². The summed E-state index contributed by atoms with van der Waals surface area (Å²) >= 11 is 0. The number of aromatic nitrogens is 1. The summed E-state index contributed by atoms with van der Waals surface area (Å²) in [6.45, 7) is 4.02. The molecule has 2 atom stereocenters. The second-order valence-corrected chi connectivity index (χ2v) is 12.5. The summed E-state index contributed by atoms with van der Waals surface area (Å²) < 4.78 is 31.5. The summed E-state index contributed by atoms with van der Waals surface area (Å²) in [5.74, 6) is -0.721. The van der Waals surface area contributed by atoms with Gasteiger partial charge in [-0.05, 0) is 75.5 Å². The van der Waals surface area contributed by atoms with Crippen LogP contribution in [0.4, 0.5) is 0 Å². The summed E-state index contributed by atoms with van der Waals surface area (Å²) in [5, 5.41) is 0. The molecule has 3 fully saturated rings. The van der Waals surface area contributed by atoms with Crippen molar-refractivity contribution in [2.45, 2.75) is 115 Å². The molecule has 3 aliphatic rings. The van der Waals surface area contributed by atoms with Gasteiger partial charge in [0.05, 0.1) is 6.04 Å². The number of nitrogens with zero attached hydrogens (tertiary/aromatic N) is 3. The first kappa shape index (κ1) is 28.5. The summed E-state index contributed by atoms with van der Waals surface area (Å²) in [5.41, 5.74) is 15.7. The highest BCUT2D eigenvalue weighted by molar-refractivity contribution is 7.88. The van der Waals surface area contributed by atoms with Crippen LogP contribution < -0.4 is 16.2 Å². The van der Waals surface area contributed by atoms with Crippen LogP contribution in [0.2, 0.25) is 0 Å². The first-order valence-electron chi connectivity index (χ1n) is 14.1. The number of rotatable bonds is 7. The lowest BCUT2D eigenvalue weighted by Gasteiger charge is -2.28. The molecule has 210 valence electrons. The van der Waals surface area contributed by atoms with Gasteiger partial charge in [0, 0.05) is 18.2 Å². The summed E-state index contributed by atoms with van der Waals surface area (Å²) in [7, 11) is -4.47. The highest BCUT2D eigenvalue weighted by Gasteiger charge is 2.36. The van der Waals surface area contributed by atoms with Crippen molar-refractivity contribution in [3.8, 4) is 0 Å². The van der Waals surface area contributed by atoms with Crippen molar-refractivity contribution in [3.05, 3.63) is 28.6 Å². The van der Waals surface area contributed by atoms with Gasteiger partial charge in [0.15, 0.2) is 5.84 Å². The Balaban J connectivity index is 1.60. The van der Waals surface area contributed by atoms with Gasteiger partial charge in [0.25, 0.3) is 5.91 Å². The SMILES string of the molecule is Cc1c(C2CCCCC2)cc(C(N)=NS(=O)(=O)NC(=O)[C@@H]2CCCN2C(=O)[C@H](C)N)nc1C1CCCCC1. The van der Waals surface area contributed by atoms with E-state index in [9.17, 15) is 18.0 Å². The largest absolute Gasteiger partial charge is 0.381 e. The van der Waals surface area contributed by atoms with E-state index in [1.807, 2.05) is 10.8 Å². The van der Waals surface area contributed by atoms with Crippen LogP contribution in [-0.2, 0) is 19.8 Å². The van der Waals surface area contributed by atoms with Crippen molar-refractivity contribution in [3.63, 3.8) is 0 Å². The number of nitrogens with one attached hydrogen (secondary N) is 1. The van der Waals surface area contributed by atoms with E-state index >= 15 is 0 Å². The molecule has 0 radical (unpaired) electrons. The molecule has 1 aromatic rings. The normalized spacial score (nSPS) is 22.9. The number of hydrogen-bond acceptors (Lipinski definition) is 6. The molecule has 2 aliphatic carbocycles. The molecule has 0 bridgehead atoms. The molecule has 1 aliphatic heterocycles. The van der Waals surface area contributed by atoms with E-state index in [4.69, 9.17) is 16.5 Å². The number of carbonyl (C=O) groups excluding carboxylic acids is 2. The second-order valence-electron chi connectivity index (χ2n) is 11.2. The molecule has 5 N–H and O–H groups in total. The monoisotopic (exact) mass is 546 g/mol. The van der Waals surface area contributed by atoms with Gasteiger partial charge in [0.2, 0.25) is 5.91 Å². The fourth-order valence-electron chi connectivity index (χ4n) is 6.35. The average molecular weight is 547 g/mol. The quantitative estimate of drug-likeness (QED) is 0.350. The third-order valence-electron chi connectivity index (χ3n) is 8.33. The number of carbonyl (C=O) groups is 2. The number of pyridine rings is 1. The Morgan fingerprint density at radius 3 is 2.24 bits per heavy atom. The molecule has 1 aromatic heterocycles. The van der Waals surface area contributed by atoms with E-state index in [1.54, 1.807) is 0 Å². The smallest absolute Gasteiger partial charge is 0.346 e. The number of amidine groups is 1. The zero-order chi connectivity index (χ0) is 27.4. The number of hydrogen-bond donors (Lipinski definition) is 3. The number of amides is 2. The van der Waals surface area contributed by atoms with Crippen LogP contribution in [0.1, 0.15) is 118 Å². The standard InChI is InChI=1S/C27H42N6O4S/c1-17-21(19-10-5-3-6-11-19)16-22(30-24(17)20-12-7-4-8-13-20)25(29)31-38(36,37)32-26(34)23-14-9-15-33(23)27(35)18(2)28/h16,18-20,23H,3-15,28H2,1-2H3,(H2,29,31)(H,32,34)/t18-,23-/m0/s1. The van der Waals surface area contributed by atoms with Gasteiger partial charge in [-0.15, -0.1) is 4.40 Å². The van der Waals surface area contributed by atoms with Gasteiger partial charge in [-0.2, -0.15) is 8.42 Å². The highest BCUT2D eigenvalue weighted by Crippen LogP contribution is 2.39. The first-order chi connectivity index (χ1) is 18.1. The van der Waals surface area contributed by atoms with Crippen LogP contribution in [0, 0.1) is 6.92 Å². The van der Waals surface area contributed by atoms with Crippen molar-refractivity contribution in [1.82, 2.24) is 14.6 Å². The van der Waals surface area contributed by atoms with E-state index in [-0.39, 0.29) is 5.84 Å². The Labute approximate surface area is 226 Å². The van der Waals surface area contributed by atoms with Crippen molar-refractivity contribution >= 4 is 27.9 Å². The lowest BCUT2D eigenvalue weighted by molar-refractivity contribution is -0.138. The average Bonchev–Trinajstić information content (AvgIpc) is 3.39. The minimum Gasteiger partial charge on any atom is -0.381 e. The highest BCUT2D eigenvalue weighted by atomic mass is 32.2. The first-order valence-corrected chi connectivity index (χ1v) is 15.5. The Morgan fingerprint density at radius 2 is 1.63 bits per heavy atom.